The average Bonchev–Trinajstić information content (AvgIpc) is 2.81. The first-order chi connectivity index (χ1) is 9.58. The Hall–Kier alpha value is -2.58. The summed E-state index contributed by atoms with van der Waals surface area (Å²) in [6, 6.07) is 7.05. The van der Waals surface area contributed by atoms with Gasteiger partial charge in [-0.3, -0.25) is 9.48 Å². The van der Waals surface area contributed by atoms with Crippen molar-refractivity contribution < 1.29 is 9.90 Å². The summed E-state index contributed by atoms with van der Waals surface area (Å²) in [5.41, 5.74) is 2.14. The van der Waals surface area contributed by atoms with Crippen LogP contribution in [0.15, 0.2) is 30.5 Å². The Labute approximate surface area is 117 Å². The highest BCUT2D eigenvalue weighted by Gasteiger charge is 2.09. The molecule has 102 valence electrons. The summed E-state index contributed by atoms with van der Waals surface area (Å²) in [5, 5.41) is 15.5. The number of hydrogen-bond acceptors (Lipinski definition) is 3. The summed E-state index contributed by atoms with van der Waals surface area (Å²) in [6.45, 7) is 1.69. The van der Waals surface area contributed by atoms with E-state index in [1.165, 1.54) is 0 Å². The molecule has 0 aliphatic heterocycles. The molecule has 20 heavy (non-hydrogen) atoms. The lowest BCUT2D eigenvalue weighted by Gasteiger charge is -2.04. The topological polar surface area (TPSA) is 67.2 Å². The Morgan fingerprint density at radius 2 is 2.25 bits per heavy atom. The van der Waals surface area contributed by atoms with Crippen LogP contribution < -0.4 is 5.32 Å². The molecule has 0 aliphatic carbocycles. The maximum Gasteiger partial charge on any atom is 0.256 e. The minimum Gasteiger partial charge on any atom is -0.384 e. The predicted molar refractivity (Wildman–Crippen MR) is 76.3 cm³/mol. The average molecular weight is 269 g/mol. The van der Waals surface area contributed by atoms with Crippen molar-refractivity contribution in [2.45, 2.75) is 6.92 Å². The van der Waals surface area contributed by atoms with Crippen LogP contribution in [0.5, 0.6) is 0 Å². The van der Waals surface area contributed by atoms with E-state index in [4.69, 9.17) is 5.11 Å². The Bertz CT molecular complexity index is 693. The minimum absolute atomic E-state index is 0.205. The van der Waals surface area contributed by atoms with Crippen LogP contribution >= 0.6 is 0 Å². The lowest BCUT2D eigenvalue weighted by molar-refractivity contribution is 0.102. The molecule has 5 nitrogen and oxygen atoms in total. The SMILES string of the molecule is Cc1cc(C#CCO)cc(C(=O)Nc2ccn(C)n2)c1. The van der Waals surface area contributed by atoms with Gasteiger partial charge in [-0.1, -0.05) is 11.8 Å². The monoisotopic (exact) mass is 269 g/mol. The molecule has 2 N–H and O–H groups in total. The molecular weight excluding hydrogens is 254 g/mol. The van der Waals surface area contributed by atoms with E-state index in [9.17, 15) is 4.79 Å². The maximum atomic E-state index is 12.1. The molecule has 0 atom stereocenters. The molecule has 0 spiro atoms. The van der Waals surface area contributed by atoms with Gasteiger partial charge in [0.25, 0.3) is 5.91 Å². The molecule has 1 aromatic carbocycles. The number of benzene rings is 1. The number of nitrogens with zero attached hydrogens (tertiary/aromatic N) is 2. The lowest BCUT2D eigenvalue weighted by atomic mass is 10.1. The lowest BCUT2D eigenvalue weighted by Crippen LogP contribution is -2.13. The number of aryl methyl sites for hydroxylation is 2. The zero-order valence-corrected chi connectivity index (χ0v) is 11.3. The van der Waals surface area contributed by atoms with Gasteiger partial charge < -0.3 is 10.4 Å². The zero-order valence-electron chi connectivity index (χ0n) is 11.3. The normalized spacial score (nSPS) is 9.75. The third kappa shape index (κ3) is 3.46. The maximum absolute atomic E-state index is 12.1. The van der Waals surface area contributed by atoms with E-state index in [-0.39, 0.29) is 12.5 Å². The van der Waals surface area contributed by atoms with Gasteiger partial charge in [-0.25, -0.2) is 0 Å². The second-order valence-electron chi connectivity index (χ2n) is 4.38. The van der Waals surface area contributed by atoms with Crippen LogP contribution in [0, 0.1) is 18.8 Å². The van der Waals surface area contributed by atoms with Gasteiger partial charge >= 0.3 is 0 Å². The van der Waals surface area contributed by atoms with E-state index in [1.807, 2.05) is 13.0 Å². The highest BCUT2D eigenvalue weighted by Crippen LogP contribution is 2.11. The quantitative estimate of drug-likeness (QED) is 0.808. The van der Waals surface area contributed by atoms with Crippen molar-refractivity contribution in [3.05, 3.63) is 47.2 Å². The van der Waals surface area contributed by atoms with Crippen molar-refractivity contribution in [3.8, 4) is 11.8 Å². The second-order valence-corrected chi connectivity index (χ2v) is 4.38. The number of aliphatic hydroxyl groups is 1. The van der Waals surface area contributed by atoms with Crippen LogP contribution in [-0.4, -0.2) is 27.4 Å². The summed E-state index contributed by atoms with van der Waals surface area (Å²) in [4.78, 5) is 12.1. The van der Waals surface area contributed by atoms with E-state index < -0.39 is 0 Å². The smallest absolute Gasteiger partial charge is 0.256 e. The van der Waals surface area contributed by atoms with Crippen molar-refractivity contribution in [2.24, 2.45) is 7.05 Å². The van der Waals surface area contributed by atoms with Gasteiger partial charge in [-0.15, -0.1) is 0 Å². The number of anilines is 1. The van der Waals surface area contributed by atoms with Crippen LogP contribution in [0.2, 0.25) is 0 Å². The third-order valence-electron chi connectivity index (χ3n) is 2.61. The number of aromatic nitrogens is 2. The number of hydrogen-bond donors (Lipinski definition) is 2. The molecule has 0 radical (unpaired) electrons. The molecule has 0 fully saturated rings. The largest absolute Gasteiger partial charge is 0.384 e. The van der Waals surface area contributed by atoms with Gasteiger partial charge in [0.2, 0.25) is 0 Å². The third-order valence-corrected chi connectivity index (χ3v) is 2.61. The van der Waals surface area contributed by atoms with Gasteiger partial charge in [-0.2, -0.15) is 5.10 Å². The number of carbonyl (C=O) groups is 1. The molecule has 0 saturated carbocycles. The number of carbonyl (C=O) groups excluding carboxylic acids is 1. The summed E-state index contributed by atoms with van der Waals surface area (Å²) in [7, 11) is 1.78. The van der Waals surface area contributed by atoms with Gasteiger partial charge in [0.15, 0.2) is 5.82 Å². The molecule has 2 aromatic rings. The van der Waals surface area contributed by atoms with E-state index in [1.54, 1.807) is 36.1 Å². The summed E-state index contributed by atoms with van der Waals surface area (Å²) < 4.78 is 1.62. The van der Waals surface area contributed by atoms with Crippen LogP contribution in [0.3, 0.4) is 0 Å². The second kappa shape index (κ2) is 6.04. The first kappa shape index (κ1) is 13.8. The van der Waals surface area contributed by atoms with E-state index in [0.717, 1.165) is 5.56 Å². The number of amides is 1. The molecule has 1 heterocycles. The minimum atomic E-state index is -0.237. The first-order valence-electron chi connectivity index (χ1n) is 6.11. The Balaban J connectivity index is 2.23. The highest BCUT2D eigenvalue weighted by molar-refractivity contribution is 6.04. The van der Waals surface area contributed by atoms with Crippen molar-refractivity contribution in [1.29, 1.82) is 0 Å². The molecule has 0 aliphatic rings. The van der Waals surface area contributed by atoms with Gasteiger partial charge in [-0.05, 0) is 30.7 Å². The van der Waals surface area contributed by atoms with Crippen molar-refractivity contribution in [1.82, 2.24) is 9.78 Å². The summed E-state index contributed by atoms with van der Waals surface area (Å²) >= 11 is 0. The van der Waals surface area contributed by atoms with Crippen molar-refractivity contribution in [3.63, 3.8) is 0 Å². The Morgan fingerprint density at radius 1 is 1.45 bits per heavy atom. The van der Waals surface area contributed by atoms with Gasteiger partial charge in [0.05, 0.1) is 0 Å². The first-order valence-corrected chi connectivity index (χ1v) is 6.11. The van der Waals surface area contributed by atoms with Crippen LogP contribution in [0.4, 0.5) is 5.82 Å². The number of aliphatic hydroxyl groups excluding tert-OH is 1. The fourth-order valence-electron chi connectivity index (χ4n) is 1.80. The highest BCUT2D eigenvalue weighted by atomic mass is 16.2. The van der Waals surface area contributed by atoms with Crippen molar-refractivity contribution >= 4 is 11.7 Å². The molecular formula is C15H15N3O2. The van der Waals surface area contributed by atoms with Crippen molar-refractivity contribution in [2.75, 3.05) is 11.9 Å². The molecule has 0 saturated heterocycles. The van der Waals surface area contributed by atoms with Crippen LogP contribution in [-0.2, 0) is 7.05 Å². The molecule has 5 heteroatoms. The Morgan fingerprint density at radius 3 is 2.90 bits per heavy atom. The number of rotatable bonds is 2. The molecule has 1 aromatic heterocycles. The van der Waals surface area contributed by atoms with Gasteiger partial charge in [0.1, 0.15) is 6.61 Å². The zero-order chi connectivity index (χ0) is 14.5. The Kier molecular flexibility index (Phi) is 4.18. The summed E-state index contributed by atoms with van der Waals surface area (Å²) in [5.74, 6) is 5.63. The van der Waals surface area contributed by atoms with E-state index in [0.29, 0.717) is 16.9 Å². The van der Waals surface area contributed by atoms with Crippen LogP contribution in [0.25, 0.3) is 0 Å². The molecule has 1 amide bonds. The number of nitrogens with one attached hydrogen (secondary N) is 1. The predicted octanol–water partition coefficient (Wildman–Crippen LogP) is 1.32. The standard InChI is InChI=1S/C15H15N3O2/c1-11-8-12(4-3-7-19)10-13(9-11)15(20)16-14-5-6-18(2)17-14/h5-6,8-10,19H,7H2,1-2H3,(H,16,17,20). The van der Waals surface area contributed by atoms with E-state index in [2.05, 4.69) is 22.3 Å². The summed E-state index contributed by atoms with van der Waals surface area (Å²) in [6.07, 6.45) is 1.75. The molecule has 0 bridgehead atoms. The fraction of sp³-hybridized carbons (Fsp3) is 0.200. The van der Waals surface area contributed by atoms with Crippen LogP contribution in [0.1, 0.15) is 21.5 Å². The van der Waals surface area contributed by atoms with Gasteiger partial charge in [0, 0.05) is 30.4 Å². The fourth-order valence-corrected chi connectivity index (χ4v) is 1.80. The molecule has 2 rings (SSSR count). The molecule has 0 unspecified atom stereocenters. The van der Waals surface area contributed by atoms with E-state index >= 15 is 0 Å².